The Balaban J connectivity index is 1.69. The fourth-order valence-electron chi connectivity index (χ4n) is 3.93. The minimum atomic E-state index is -0.110. The van der Waals surface area contributed by atoms with Crippen LogP contribution >= 0.6 is 0 Å². The molecular weight excluding hydrogens is 352 g/mol. The van der Waals surface area contributed by atoms with Crippen LogP contribution in [0.4, 0.5) is 0 Å². The lowest BCUT2D eigenvalue weighted by atomic mass is 9.91. The molecular formula is C22H26N4O2. The zero-order valence-corrected chi connectivity index (χ0v) is 16.4. The predicted molar refractivity (Wildman–Crippen MR) is 108 cm³/mol. The van der Waals surface area contributed by atoms with E-state index in [0.29, 0.717) is 18.0 Å². The summed E-state index contributed by atoms with van der Waals surface area (Å²) in [6.45, 7) is 6.45. The van der Waals surface area contributed by atoms with Crippen molar-refractivity contribution in [2.45, 2.75) is 39.2 Å². The quantitative estimate of drug-likeness (QED) is 0.713. The van der Waals surface area contributed by atoms with E-state index in [1.807, 2.05) is 16.8 Å². The molecule has 6 nitrogen and oxygen atoms in total. The van der Waals surface area contributed by atoms with Gasteiger partial charge in [-0.1, -0.05) is 17.7 Å². The molecule has 0 atom stereocenters. The molecule has 1 fully saturated rings. The van der Waals surface area contributed by atoms with Crippen molar-refractivity contribution in [3.63, 3.8) is 0 Å². The van der Waals surface area contributed by atoms with Crippen molar-refractivity contribution in [3.05, 3.63) is 70.9 Å². The Morgan fingerprint density at radius 2 is 2.11 bits per heavy atom. The molecule has 1 aliphatic heterocycles. The molecule has 0 spiro atoms. The number of hydrogen-bond donors (Lipinski definition) is 2. The highest BCUT2D eigenvalue weighted by molar-refractivity contribution is 5.95. The second-order valence-electron chi connectivity index (χ2n) is 7.43. The van der Waals surface area contributed by atoms with E-state index in [1.165, 1.54) is 5.56 Å². The van der Waals surface area contributed by atoms with E-state index in [0.717, 1.165) is 48.6 Å². The van der Waals surface area contributed by atoms with Crippen molar-refractivity contribution in [1.82, 2.24) is 20.4 Å². The van der Waals surface area contributed by atoms with Gasteiger partial charge in [-0.25, -0.2) is 4.68 Å². The second kappa shape index (κ2) is 8.02. The van der Waals surface area contributed by atoms with Crippen molar-refractivity contribution in [1.29, 1.82) is 0 Å². The molecule has 1 saturated heterocycles. The highest BCUT2D eigenvalue weighted by atomic mass is 16.3. The number of nitrogens with one attached hydrogen (secondary N) is 2. The van der Waals surface area contributed by atoms with Gasteiger partial charge in [0.1, 0.15) is 5.76 Å². The summed E-state index contributed by atoms with van der Waals surface area (Å²) in [6, 6.07) is 10.0. The molecule has 0 unspecified atom stereocenters. The zero-order chi connectivity index (χ0) is 19.5. The SMILES string of the molecule is Cc1ccc(-n2ncc(C(=O)NCc3ccco3)c2C2CCNCC2)c(C)c1. The normalized spacial score (nSPS) is 14.9. The van der Waals surface area contributed by atoms with Crippen molar-refractivity contribution in [2.24, 2.45) is 0 Å². The lowest BCUT2D eigenvalue weighted by molar-refractivity contribution is 0.0946. The van der Waals surface area contributed by atoms with Gasteiger partial charge in [0, 0.05) is 5.92 Å². The second-order valence-corrected chi connectivity index (χ2v) is 7.43. The highest BCUT2D eigenvalue weighted by Gasteiger charge is 2.27. The molecule has 0 saturated carbocycles. The first-order valence-corrected chi connectivity index (χ1v) is 9.80. The third-order valence-electron chi connectivity index (χ3n) is 5.36. The van der Waals surface area contributed by atoms with Crippen LogP contribution in [0.2, 0.25) is 0 Å². The summed E-state index contributed by atoms with van der Waals surface area (Å²) >= 11 is 0. The summed E-state index contributed by atoms with van der Waals surface area (Å²) in [5, 5.41) is 11.0. The van der Waals surface area contributed by atoms with Crippen molar-refractivity contribution in [2.75, 3.05) is 13.1 Å². The van der Waals surface area contributed by atoms with Crippen LogP contribution in [-0.4, -0.2) is 28.8 Å². The molecule has 0 radical (unpaired) electrons. The number of aromatic nitrogens is 2. The van der Waals surface area contributed by atoms with Gasteiger partial charge >= 0.3 is 0 Å². The molecule has 1 aliphatic rings. The van der Waals surface area contributed by atoms with Gasteiger partial charge in [0.05, 0.1) is 35.9 Å². The largest absolute Gasteiger partial charge is 0.467 e. The maximum Gasteiger partial charge on any atom is 0.255 e. The van der Waals surface area contributed by atoms with Crippen LogP contribution in [0.5, 0.6) is 0 Å². The van der Waals surface area contributed by atoms with Crippen LogP contribution in [0.25, 0.3) is 5.69 Å². The van der Waals surface area contributed by atoms with Gasteiger partial charge in [-0.05, 0) is 63.5 Å². The molecule has 2 N–H and O–H groups in total. The Kier molecular flexibility index (Phi) is 5.30. The van der Waals surface area contributed by atoms with E-state index in [9.17, 15) is 4.79 Å². The molecule has 28 heavy (non-hydrogen) atoms. The maximum absolute atomic E-state index is 13.0. The van der Waals surface area contributed by atoms with Crippen LogP contribution in [-0.2, 0) is 6.54 Å². The standard InChI is InChI=1S/C22H26N4O2/c1-15-5-6-20(16(2)12-15)26-21(17-7-9-23-10-8-17)19(14-25-26)22(27)24-13-18-4-3-11-28-18/h3-6,11-12,14,17,23H,7-10,13H2,1-2H3,(H,24,27). The number of furan rings is 1. The summed E-state index contributed by atoms with van der Waals surface area (Å²) < 4.78 is 7.29. The highest BCUT2D eigenvalue weighted by Crippen LogP contribution is 2.31. The van der Waals surface area contributed by atoms with Gasteiger partial charge in [0.25, 0.3) is 5.91 Å². The van der Waals surface area contributed by atoms with Gasteiger partial charge in [-0.2, -0.15) is 5.10 Å². The number of carbonyl (C=O) groups excluding carboxylic acids is 1. The first kappa shape index (κ1) is 18.5. The van der Waals surface area contributed by atoms with E-state index >= 15 is 0 Å². The fourth-order valence-corrected chi connectivity index (χ4v) is 3.93. The summed E-state index contributed by atoms with van der Waals surface area (Å²) in [7, 11) is 0. The average Bonchev–Trinajstić information content (AvgIpc) is 3.37. The Morgan fingerprint density at radius 3 is 2.82 bits per heavy atom. The van der Waals surface area contributed by atoms with Crippen LogP contribution in [0.3, 0.4) is 0 Å². The van der Waals surface area contributed by atoms with Crippen LogP contribution < -0.4 is 10.6 Å². The van der Waals surface area contributed by atoms with Gasteiger partial charge < -0.3 is 15.1 Å². The van der Waals surface area contributed by atoms with E-state index < -0.39 is 0 Å². The van der Waals surface area contributed by atoms with Gasteiger partial charge in [-0.15, -0.1) is 0 Å². The van der Waals surface area contributed by atoms with Crippen LogP contribution in [0.15, 0.2) is 47.2 Å². The molecule has 3 heterocycles. The van der Waals surface area contributed by atoms with Crippen LogP contribution in [0, 0.1) is 13.8 Å². The molecule has 4 rings (SSSR count). The maximum atomic E-state index is 13.0. The zero-order valence-electron chi connectivity index (χ0n) is 16.4. The molecule has 146 valence electrons. The minimum Gasteiger partial charge on any atom is -0.467 e. The Labute approximate surface area is 164 Å². The monoisotopic (exact) mass is 378 g/mol. The lowest BCUT2D eigenvalue weighted by Gasteiger charge is -2.25. The first-order chi connectivity index (χ1) is 13.6. The third-order valence-corrected chi connectivity index (χ3v) is 5.36. The summed E-state index contributed by atoms with van der Waals surface area (Å²) in [5.74, 6) is 0.924. The summed E-state index contributed by atoms with van der Waals surface area (Å²) in [6.07, 6.45) is 5.30. The molecule has 6 heteroatoms. The van der Waals surface area contributed by atoms with Gasteiger partial charge in [0.2, 0.25) is 0 Å². The number of carbonyl (C=O) groups is 1. The van der Waals surface area contributed by atoms with E-state index in [2.05, 4.69) is 47.8 Å². The number of piperidine rings is 1. The molecule has 3 aromatic rings. The molecule has 0 aliphatic carbocycles. The van der Waals surface area contributed by atoms with Gasteiger partial charge in [-0.3, -0.25) is 4.79 Å². The Morgan fingerprint density at radius 1 is 1.29 bits per heavy atom. The molecule has 1 aromatic carbocycles. The number of nitrogens with zero attached hydrogens (tertiary/aromatic N) is 2. The van der Waals surface area contributed by atoms with Crippen molar-refractivity contribution in [3.8, 4) is 5.69 Å². The topological polar surface area (TPSA) is 72.1 Å². The number of rotatable bonds is 5. The predicted octanol–water partition coefficient (Wildman–Crippen LogP) is 3.48. The van der Waals surface area contributed by atoms with Gasteiger partial charge in [0.15, 0.2) is 0 Å². The molecule has 2 aromatic heterocycles. The summed E-state index contributed by atoms with van der Waals surface area (Å²) in [4.78, 5) is 13.0. The van der Waals surface area contributed by atoms with E-state index in [1.54, 1.807) is 12.5 Å². The van der Waals surface area contributed by atoms with E-state index in [-0.39, 0.29) is 5.91 Å². The number of amides is 1. The molecule has 1 amide bonds. The third kappa shape index (κ3) is 3.73. The van der Waals surface area contributed by atoms with Crippen molar-refractivity contribution >= 4 is 5.91 Å². The summed E-state index contributed by atoms with van der Waals surface area (Å²) in [5.41, 5.74) is 5.06. The number of benzene rings is 1. The smallest absolute Gasteiger partial charge is 0.255 e. The Hall–Kier alpha value is -2.86. The Bertz CT molecular complexity index is 953. The van der Waals surface area contributed by atoms with Crippen LogP contribution in [0.1, 0.15) is 51.7 Å². The molecule has 0 bridgehead atoms. The number of hydrogen-bond acceptors (Lipinski definition) is 4. The fraction of sp³-hybridized carbons (Fsp3) is 0.364. The number of aryl methyl sites for hydroxylation is 2. The van der Waals surface area contributed by atoms with E-state index in [4.69, 9.17) is 4.42 Å². The first-order valence-electron chi connectivity index (χ1n) is 9.80. The minimum absolute atomic E-state index is 0.110. The lowest BCUT2D eigenvalue weighted by Crippen LogP contribution is -2.30. The average molecular weight is 378 g/mol. The van der Waals surface area contributed by atoms with Crippen molar-refractivity contribution < 1.29 is 9.21 Å².